The quantitative estimate of drug-likeness (QED) is 0.446. The van der Waals surface area contributed by atoms with Gasteiger partial charge in [0.1, 0.15) is 12.6 Å². The van der Waals surface area contributed by atoms with Crippen molar-refractivity contribution >= 4 is 18.0 Å². The Hall–Kier alpha value is -3.35. The molecule has 1 aliphatic carbocycles. The summed E-state index contributed by atoms with van der Waals surface area (Å²) in [5.74, 6) is -0.977. The molecule has 0 saturated carbocycles. The van der Waals surface area contributed by atoms with Crippen molar-refractivity contribution in [3.8, 4) is 11.1 Å². The van der Waals surface area contributed by atoms with Gasteiger partial charge in [0.05, 0.1) is 0 Å². The van der Waals surface area contributed by atoms with Crippen molar-refractivity contribution in [3.63, 3.8) is 0 Å². The third-order valence-corrected chi connectivity index (χ3v) is 6.52. The first-order valence-electron chi connectivity index (χ1n) is 12.2. The van der Waals surface area contributed by atoms with E-state index in [1.165, 1.54) is 0 Å². The third kappa shape index (κ3) is 6.84. The van der Waals surface area contributed by atoms with Gasteiger partial charge in [-0.15, -0.1) is 0 Å². The molecule has 0 aromatic heterocycles. The number of alkyl carbamates (subject to hydrolysis) is 1. The number of nitrogens with one attached hydrogen (secondary N) is 2. The van der Waals surface area contributed by atoms with Gasteiger partial charge >= 0.3 is 12.1 Å². The molecular weight excluding hydrogens is 444 g/mol. The molecule has 2 atom stereocenters. The van der Waals surface area contributed by atoms with Crippen molar-refractivity contribution in [2.75, 3.05) is 13.2 Å². The van der Waals surface area contributed by atoms with Gasteiger partial charge in [0.2, 0.25) is 5.91 Å². The van der Waals surface area contributed by atoms with Gasteiger partial charge in [0, 0.05) is 18.9 Å². The van der Waals surface area contributed by atoms with Crippen LogP contribution >= 0.6 is 0 Å². The molecule has 0 fully saturated rings. The molecule has 7 nitrogen and oxygen atoms in total. The largest absolute Gasteiger partial charge is 0.481 e. The molecule has 1 aliphatic rings. The average molecular weight is 481 g/mol. The van der Waals surface area contributed by atoms with Crippen molar-refractivity contribution in [1.29, 1.82) is 0 Å². The Kier molecular flexibility index (Phi) is 8.54. The van der Waals surface area contributed by atoms with Crippen LogP contribution in [0.4, 0.5) is 4.79 Å². The van der Waals surface area contributed by atoms with E-state index in [2.05, 4.69) is 34.9 Å². The highest BCUT2D eigenvalue weighted by atomic mass is 16.5. The highest BCUT2D eigenvalue weighted by Crippen LogP contribution is 2.44. The van der Waals surface area contributed by atoms with Crippen LogP contribution in [0.5, 0.6) is 0 Å². The number of carbonyl (C=O) groups is 3. The Morgan fingerprint density at radius 2 is 1.54 bits per heavy atom. The Balaban J connectivity index is 1.57. The molecule has 188 valence electrons. The molecule has 2 aromatic rings. The molecule has 0 radical (unpaired) electrons. The summed E-state index contributed by atoms with van der Waals surface area (Å²) in [4.78, 5) is 36.4. The minimum atomic E-state index is -0.819. The summed E-state index contributed by atoms with van der Waals surface area (Å²) in [5, 5.41) is 14.4. The monoisotopic (exact) mass is 480 g/mol. The van der Waals surface area contributed by atoms with Gasteiger partial charge in [-0.1, -0.05) is 76.2 Å². The van der Waals surface area contributed by atoms with Gasteiger partial charge < -0.3 is 20.5 Å². The molecule has 7 heteroatoms. The molecule has 3 N–H and O–H groups in total. The number of carboxylic acid groups (broad SMARTS) is 1. The molecule has 0 heterocycles. The van der Waals surface area contributed by atoms with Gasteiger partial charge in [-0.05, 0) is 46.4 Å². The van der Waals surface area contributed by atoms with Crippen molar-refractivity contribution in [3.05, 3.63) is 59.7 Å². The Labute approximate surface area is 207 Å². The van der Waals surface area contributed by atoms with Gasteiger partial charge in [0.15, 0.2) is 0 Å². The van der Waals surface area contributed by atoms with Gasteiger partial charge in [-0.2, -0.15) is 0 Å². The van der Waals surface area contributed by atoms with E-state index >= 15 is 0 Å². The molecule has 0 saturated heterocycles. The highest BCUT2D eigenvalue weighted by Gasteiger charge is 2.34. The first-order valence-corrected chi connectivity index (χ1v) is 12.2. The smallest absolute Gasteiger partial charge is 0.407 e. The van der Waals surface area contributed by atoms with E-state index < -0.39 is 23.5 Å². The lowest BCUT2D eigenvalue weighted by molar-refractivity contribution is -0.137. The predicted molar refractivity (Wildman–Crippen MR) is 135 cm³/mol. The Morgan fingerprint density at radius 3 is 2.09 bits per heavy atom. The maximum absolute atomic E-state index is 12.9. The van der Waals surface area contributed by atoms with Gasteiger partial charge in [0.25, 0.3) is 0 Å². The minimum Gasteiger partial charge on any atom is -0.481 e. The highest BCUT2D eigenvalue weighted by molar-refractivity contribution is 5.86. The third-order valence-electron chi connectivity index (χ3n) is 6.52. The first-order chi connectivity index (χ1) is 16.6. The fraction of sp³-hybridized carbons (Fsp3) is 0.464. The molecular formula is C28H36N2O5. The average Bonchev–Trinajstić information content (AvgIpc) is 3.13. The number of hydrogen-bond donors (Lipinski definition) is 3. The minimum absolute atomic E-state index is 0.0534. The first kappa shape index (κ1) is 26.3. The number of rotatable bonds is 10. The lowest BCUT2D eigenvalue weighted by atomic mass is 9.86. The van der Waals surface area contributed by atoms with E-state index in [0.29, 0.717) is 19.4 Å². The number of hydrogen-bond acceptors (Lipinski definition) is 4. The molecule has 35 heavy (non-hydrogen) atoms. The van der Waals surface area contributed by atoms with Crippen LogP contribution in [0.15, 0.2) is 48.5 Å². The van der Waals surface area contributed by atoms with Crippen LogP contribution in [-0.4, -0.2) is 42.3 Å². The van der Waals surface area contributed by atoms with E-state index in [-0.39, 0.29) is 30.8 Å². The maximum Gasteiger partial charge on any atom is 0.407 e. The van der Waals surface area contributed by atoms with Crippen LogP contribution in [0.2, 0.25) is 0 Å². The SMILES string of the molecule is CC(CCNC(=O)[C@H](NC(=O)OCC1c2ccccc2-c2ccccc21)C(C)(C)C)CCC(=O)O. The van der Waals surface area contributed by atoms with Crippen LogP contribution in [0, 0.1) is 11.3 Å². The Bertz CT molecular complexity index is 1010. The number of fused-ring (bicyclic) bond motifs is 3. The van der Waals surface area contributed by atoms with Crippen molar-refractivity contribution in [2.24, 2.45) is 11.3 Å². The van der Waals surface area contributed by atoms with E-state index in [9.17, 15) is 14.4 Å². The molecule has 0 aliphatic heterocycles. The second-order valence-corrected chi connectivity index (χ2v) is 10.4. The summed E-state index contributed by atoms with van der Waals surface area (Å²) in [7, 11) is 0. The number of amides is 2. The van der Waals surface area contributed by atoms with Crippen LogP contribution in [-0.2, 0) is 14.3 Å². The molecule has 0 bridgehead atoms. The molecule has 0 spiro atoms. The fourth-order valence-corrected chi connectivity index (χ4v) is 4.49. The summed E-state index contributed by atoms with van der Waals surface area (Å²) >= 11 is 0. The summed E-state index contributed by atoms with van der Waals surface area (Å²) in [5.41, 5.74) is 4.04. The van der Waals surface area contributed by atoms with Crippen molar-refractivity contribution in [1.82, 2.24) is 10.6 Å². The zero-order chi connectivity index (χ0) is 25.6. The topological polar surface area (TPSA) is 105 Å². The number of ether oxygens (including phenoxy) is 1. The molecule has 2 amide bonds. The van der Waals surface area contributed by atoms with Crippen LogP contribution in [0.3, 0.4) is 0 Å². The van der Waals surface area contributed by atoms with Crippen LogP contribution in [0.1, 0.15) is 64.0 Å². The summed E-state index contributed by atoms with van der Waals surface area (Å²) < 4.78 is 5.63. The Morgan fingerprint density at radius 1 is 0.971 bits per heavy atom. The lowest BCUT2D eigenvalue weighted by Crippen LogP contribution is -2.54. The summed E-state index contributed by atoms with van der Waals surface area (Å²) in [6.45, 7) is 8.21. The zero-order valence-corrected chi connectivity index (χ0v) is 21.0. The predicted octanol–water partition coefficient (Wildman–Crippen LogP) is 4.95. The summed E-state index contributed by atoms with van der Waals surface area (Å²) in [6.07, 6.45) is 0.715. The number of carbonyl (C=O) groups excluding carboxylic acids is 2. The van der Waals surface area contributed by atoms with Crippen LogP contribution in [0.25, 0.3) is 11.1 Å². The van der Waals surface area contributed by atoms with E-state index in [0.717, 1.165) is 22.3 Å². The molecule has 1 unspecified atom stereocenters. The van der Waals surface area contributed by atoms with Crippen LogP contribution < -0.4 is 10.6 Å². The van der Waals surface area contributed by atoms with Crippen molar-refractivity contribution in [2.45, 2.75) is 58.9 Å². The van der Waals surface area contributed by atoms with E-state index in [4.69, 9.17) is 9.84 Å². The summed E-state index contributed by atoms with van der Waals surface area (Å²) in [6, 6.07) is 15.5. The van der Waals surface area contributed by atoms with Crippen molar-refractivity contribution < 1.29 is 24.2 Å². The van der Waals surface area contributed by atoms with E-state index in [1.54, 1.807) is 0 Å². The fourth-order valence-electron chi connectivity index (χ4n) is 4.49. The second-order valence-electron chi connectivity index (χ2n) is 10.4. The number of carboxylic acids is 1. The van der Waals surface area contributed by atoms with Gasteiger partial charge in [-0.25, -0.2) is 4.79 Å². The normalized spacial score (nSPS) is 14.4. The molecule has 2 aromatic carbocycles. The molecule has 3 rings (SSSR count). The maximum atomic E-state index is 12.9. The standard InChI is InChI=1S/C28H36N2O5/c1-18(13-14-24(31)32)15-16-29-26(33)25(28(2,3)4)30-27(34)35-17-23-21-11-7-5-9-19(21)20-10-6-8-12-22(20)23/h5-12,18,23,25H,13-17H2,1-4H3,(H,29,33)(H,30,34)(H,31,32)/t18?,25-/m0/s1. The lowest BCUT2D eigenvalue weighted by Gasteiger charge is -2.30. The number of aliphatic carboxylic acids is 1. The second kappa shape index (κ2) is 11.4. The van der Waals surface area contributed by atoms with Gasteiger partial charge in [-0.3, -0.25) is 9.59 Å². The number of benzene rings is 2. The zero-order valence-electron chi connectivity index (χ0n) is 21.0. The van der Waals surface area contributed by atoms with E-state index in [1.807, 2.05) is 52.0 Å².